The third-order valence-corrected chi connectivity index (χ3v) is 3.03. The van der Waals surface area contributed by atoms with Crippen LogP contribution in [0.25, 0.3) is 0 Å². The molecule has 2 N–H and O–H groups in total. The van der Waals surface area contributed by atoms with Crippen molar-refractivity contribution >= 4 is 23.1 Å². The minimum atomic E-state index is -0.476. The van der Waals surface area contributed by atoms with Crippen LogP contribution in [0.5, 0.6) is 0 Å². The van der Waals surface area contributed by atoms with Crippen molar-refractivity contribution in [1.29, 1.82) is 0 Å². The Balaban J connectivity index is 2.27. The fourth-order valence-electron chi connectivity index (χ4n) is 1.86. The van der Waals surface area contributed by atoms with Gasteiger partial charge in [0.15, 0.2) is 0 Å². The van der Waals surface area contributed by atoms with Gasteiger partial charge >= 0.3 is 0 Å². The second-order valence-corrected chi connectivity index (χ2v) is 4.34. The maximum absolute atomic E-state index is 12.2. The molecule has 0 bridgehead atoms. The highest BCUT2D eigenvalue weighted by Gasteiger charge is 2.15. The van der Waals surface area contributed by atoms with E-state index in [2.05, 4.69) is 15.6 Å². The number of amides is 1. The summed E-state index contributed by atoms with van der Waals surface area (Å²) in [6.45, 7) is 1.60. The fraction of sp³-hybridized carbons (Fsp3) is 0.143. The van der Waals surface area contributed by atoms with Crippen LogP contribution in [0.4, 0.5) is 17.2 Å². The lowest BCUT2D eigenvalue weighted by atomic mass is 10.1. The summed E-state index contributed by atoms with van der Waals surface area (Å²) in [5.74, 6) is 0.218. The average molecular weight is 286 g/mol. The first kappa shape index (κ1) is 14.4. The largest absolute Gasteiger partial charge is 0.373 e. The third kappa shape index (κ3) is 3.14. The number of rotatable bonds is 4. The Kier molecular flexibility index (Phi) is 4.13. The van der Waals surface area contributed by atoms with Crippen LogP contribution in [0.3, 0.4) is 0 Å². The van der Waals surface area contributed by atoms with E-state index in [1.54, 1.807) is 32.2 Å². The molecule has 0 spiro atoms. The van der Waals surface area contributed by atoms with Crippen LogP contribution in [0, 0.1) is 17.0 Å². The monoisotopic (exact) mass is 286 g/mol. The number of nitro benzene ring substituents is 1. The number of nitro groups is 1. The summed E-state index contributed by atoms with van der Waals surface area (Å²) in [5.41, 5.74) is 1.22. The molecule has 0 saturated carbocycles. The van der Waals surface area contributed by atoms with Crippen LogP contribution < -0.4 is 10.6 Å². The van der Waals surface area contributed by atoms with Crippen LogP contribution in [-0.2, 0) is 0 Å². The first-order chi connectivity index (χ1) is 10.0. The van der Waals surface area contributed by atoms with Gasteiger partial charge in [0.2, 0.25) is 0 Å². The number of benzene rings is 1. The van der Waals surface area contributed by atoms with Gasteiger partial charge in [-0.05, 0) is 25.1 Å². The number of carbonyl (C=O) groups is 1. The molecular formula is C14H14N4O3. The zero-order chi connectivity index (χ0) is 15.4. The van der Waals surface area contributed by atoms with E-state index < -0.39 is 4.92 Å². The Labute approximate surface area is 121 Å². The second kappa shape index (κ2) is 6.00. The number of pyridine rings is 1. The Morgan fingerprint density at radius 3 is 2.76 bits per heavy atom. The van der Waals surface area contributed by atoms with Crippen molar-refractivity contribution in [3.63, 3.8) is 0 Å². The summed E-state index contributed by atoms with van der Waals surface area (Å²) >= 11 is 0. The molecule has 2 rings (SSSR count). The SMILES string of the molecule is CNc1cc(C(=O)Nc2cccc([N+](=O)[O-])c2C)ccn1. The van der Waals surface area contributed by atoms with Crippen molar-refractivity contribution < 1.29 is 9.72 Å². The summed E-state index contributed by atoms with van der Waals surface area (Å²) in [6.07, 6.45) is 1.51. The quantitative estimate of drug-likeness (QED) is 0.665. The number of nitrogens with one attached hydrogen (secondary N) is 2. The second-order valence-electron chi connectivity index (χ2n) is 4.34. The fourth-order valence-corrected chi connectivity index (χ4v) is 1.86. The molecule has 0 atom stereocenters. The van der Waals surface area contributed by atoms with Gasteiger partial charge < -0.3 is 10.6 Å². The molecule has 7 heteroatoms. The molecule has 1 amide bonds. The van der Waals surface area contributed by atoms with E-state index in [4.69, 9.17) is 0 Å². The van der Waals surface area contributed by atoms with Gasteiger partial charge in [0.05, 0.1) is 16.2 Å². The Morgan fingerprint density at radius 1 is 1.33 bits per heavy atom. The van der Waals surface area contributed by atoms with Gasteiger partial charge in [-0.25, -0.2) is 4.98 Å². The lowest BCUT2D eigenvalue weighted by molar-refractivity contribution is -0.385. The third-order valence-electron chi connectivity index (χ3n) is 3.03. The first-order valence-electron chi connectivity index (χ1n) is 6.22. The van der Waals surface area contributed by atoms with Gasteiger partial charge in [0.1, 0.15) is 5.82 Å². The smallest absolute Gasteiger partial charge is 0.274 e. The number of hydrogen-bond acceptors (Lipinski definition) is 5. The molecule has 0 aliphatic heterocycles. The molecule has 1 aromatic heterocycles. The number of carbonyl (C=O) groups excluding carboxylic acids is 1. The van der Waals surface area contributed by atoms with Gasteiger partial charge in [-0.1, -0.05) is 6.07 Å². The highest BCUT2D eigenvalue weighted by atomic mass is 16.6. The van der Waals surface area contributed by atoms with E-state index in [1.165, 1.54) is 18.3 Å². The highest BCUT2D eigenvalue weighted by molar-refractivity contribution is 6.05. The van der Waals surface area contributed by atoms with Gasteiger partial charge in [0, 0.05) is 24.9 Å². The molecule has 0 fully saturated rings. The normalized spacial score (nSPS) is 10.0. The van der Waals surface area contributed by atoms with Crippen LogP contribution in [-0.4, -0.2) is 22.9 Å². The van der Waals surface area contributed by atoms with Crippen molar-refractivity contribution in [3.05, 3.63) is 57.8 Å². The molecule has 0 saturated heterocycles. The molecule has 0 unspecified atom stereocenters. The molecule has 1 heterocycles. The average Bonchev–Trinajstić information content (AvgIpc) is 2.49. The summed E-state index contributed by atoms with van der Waals surface area (Å²) in [4.78, 5) is 26.6. The predicted molar refractivity (Wildman–Crippen MR) is 79.6 cm³/mol. The van der Waals surface area contributed by atoms with E-state index >= 15 is 0 Å². The molecule has 21 heavy (non-hydrogen) atoms. The van der Waals surface area contributed by atoms with E-state index in [1.807, 2.05) is 0 Å². The molecule has 0 radical (unpaired) electrons. The maximum atomic E-state index is 12.2. The Morgan fingerprint density at radius 2 is 2.10 bits per heavy atom. The molecule has 0 aliphatic rings. The zero-order valence-electron chi connectivity index (χ0n) is 11.6. The summed E-state index contributed by atoms with van der Waals surface area (Å²) in [5, 5.41) is 16.4. The van der Waals surface area contributed by atoms with Crippen molar-refractivity contribution in [2.24, 2.45) is 0 Å². The molecule has 0 aliphatic carbocycles. The van der Waals surface area contributed by atoms with Gasteiger partial charge in [0.25, 0.3) is 11.6 Å². The predicted octanol–water partition coefficient (Wildman–Crippen LogP) is 2.59. The van der Waals surface area contributed by atoms with Crippen molar-refractivity contribution in [3.8, 4) is 0 Å². The number of nitrogens with zero attached hydrogens (tertiary/aromatic N) is 2. The molecule has 2 aromatic rings. The van der Waals surface area contributed by atoms with Crippen LogP contribution in [0.2, 0.25) is 0 Å². The van der Waals surface area contributed by atoms with Crippen molar-refractivity contribution in [2.75, 3.05) is 17.7 Å². The van der Waals surface area contributed by atoms with Crippen molar-refractivity contribution in [2.45, 2.75) is 6.92 Å². The van der Waals surface area contributed by atoms with E-state index in [-0.39, 0.29) is 11.6 Å². The van der Waals surface area contributed by atoms with E-state index in [0.29, 0.717) is 22.6 Å². The first-order valence-corrected chi connectivity index (χ1v) is 6.22. The summed E-state index contributed by atoms with van der Waals surface area (Å²) in [6, 6.07) is 7.73. The molecule has 1 aromatic carbocycles. The minimum absolute atomic E-state index is 0.0292. The summed E-state index contributed by atoms with van der Waals surface area (Å²) < 4.78 is 0. The maximum Gasteiger partial charge on any atom is 0.274 e. The minimum Gasteiger partial charge on any atom is -0.373 e. The standard InChI is InChI=1S/C14H14N4O3/c1-9-11(4-3-5-12(9)18(20)21)17-14(19)10-6-7-16-13(8-10)15-2/h3-8H,1-2H3,(H,15,16)(H,17,19). The van der Waals surface area contributed by atoms with Gasteiger partial charge in [-0.15, -0.1) is 0 Å². The Bertz CT molecular complexity index is 700. The molecular weight excluding hydrogens is 272 g/mol. The molecule has 7 nitrogen and oxygen atoms in total. The number of aromatic nitrogens is 1. The lowest BCUT2D eigenvalue weighted by Gasteiger charge is -2.09. The number of anilines is 2. The van der Waals surface area contributed by atoms with E-state index in [9.17, 15) is 14.9 Å². The summed E-state index contributed by atoms with van der Waals surface area (Å²) in [7, 11) is 1.70. The highest BCUT2D eigenvalue weighted by Crippen LogP contribution is 2.25. The zero-order valence-corrected chi connectivity index (χ0v) is 11.6. The molecule has 108 valence electrons. The van der Waals surface area contributed by atoms with Gasteiger partial charge in [-0.3, -0.25) is 14.9 Å². The van der Waals surface area contributed by atoms with Crippen LogP contribution in [0.15, 0.2) is 36.5 Å². The Hall–Kier alpha value is -2.96. The van der Waals surface area contributed by atoms with Crippen molar-refractivity contribution in [1.82, 2.24) is 4.98 Å². The van der Waals surface area contributed by atoms with Crippen LogP contribution in [0.1, 0.15) is 15.9 Å². The number of hydrogen-bond donors (Lipinski definition) is 2. The van der Waals surface area contributed by atoms with E-state index in [0.717, 1.165) is 0 Å². The lowest BCUT2D eigenvalue weighted by Crippen LogP contribution is -2.13. The topological polar surface area (TPSA) is 97.2 Å². The van der Waals surface area contributed by atoms with Crippen LogP contribution >= 0.6 is 0 Å². The van der Waals surface area contributed by atoms with Gasteiger partial charge in [-0.2, -0.15) is 0 Å².